The van der Waals surface area contributed by atoms with E-state index < -0.39 is 0 Å². The Balaban J connectivity index is 1.27. The molecule has 5 rings (SSSR count). The molecule has 0 atom stereocenters. The molecule has 40 heavy (non-hydrogen) atoms. The molecule has 1 aliphatic rings. The summed E-state index contributed by atoms with van der Waals surface area (Å²) in [5.74, 6) is 0.271. The van der Waals surface area contributed by atoms with Crippen molar-refractivity contribution in [1.82, 2.24) is 4.90 Å². The fourth-order valence-electron chi connectivity index (χ4n) is 4.08. The molecule has 7 heteroatoms. The molecule has 1 heterocycles. The summed E-state index contributed by atoms with van der Waals surface area (Å²) < 4.78 is 5.64. The number of rotatable bonds is 9. The van der Waals surface area contributed by atoms with E-state index in [0.717, 1.165) is 28.9 Å². The molecule has 0 saturated carbocycles. The minimum atomic E-state index is -0.235. The first kappa shape index (κ1) is 27.0. The number of hydrogen-bond acceptors (Lipinski definition) is 5. The van der Waals surface area contributed by atoms with E-state index in [1.807, 2.05) is 97.9 Å². The lowest BCUT2D eigenvalue weighted by molar-refractivity contribution is -0.122. The SMILES string of the molecule is Cc1ccc(N=C2S/C(=C/c3ccc(OCC(=O)Nc4ccccc4)cc3)C(=O)N2CCc2ccccc2)cc1. The van der Waals surface area contributed by atoms with E-state index >= 15 is 0 Å². The lowest BCUT2D eigenvalue weighted by Crippen LogP contribution is -2.31. The van der Waals surface area contributed by atoms with Gasteiger partial charge < -0.3 is 10.1 Å². The summed E-state index contributed by atoms with van der Waals surface area (Å²) in [5.41, 5.74) is 4.71. The molecule has 1 N–H and O–H groups in total. The van der Waals surface area contributed by atoms with E-state index in [0.29, 0.717) is 22.4 Å². The molecular formula is C33H29N3O3S. The molecule has 0 radical (unpaired) electrons. The minimum Gasteiger partial charge on any atom is -0.484 e. The number of hydrogen-bond donors (Lipinski definition) is 1. The van der Waals surface area contributed by atoms with Crippen molar-refractivity contribution in [2.45, 2.75) is 13.3 Å². The van der Waals surface area contributed by atoms with E-state index in [9.17, 15) is 9.59 Å². The molecular weight excluding hydrogens is 518 g/mol. The summed E-state index contributed by atoms with van der Waals surface area (Å²) in [4.78, 5) is 32.8. The number of anilines is 1. The van der Waals surface area contributed by atoms with Gasteiger partial charge in [-0.2, -0.15) is 0 Å². The van der Waals surface area contributed by atoms with Gasteiger partial charge in [0.05, 0.1) is 10.6 Å². The number of amides is 2. The predicted octanol–water partition coefficient (Wildman–Crippen LogP) is 6.86. The Morgan fingerprint density at radius 1 is 0.900 bits per heavy atom. The van der Waals surface area contributed by atoms with Gasteiger partial charge in [-0.1, -0.05) is 78.4 Å². The molecule has 0 aliphatic carbocycles. The number of ether oxygens (including phenoxy) is 1. The van der Waals surface area contributed by atoms with Gasteiger partial charge in [-0.3, -0.25) is 14.5 Å². The predicted molar refractivity (Wildman–Crippen MR) is 163 cm³/mol. The van der Waals surface area contributed by atoms with Gasteiger partial charge in [0.1, 0.15) is 5.75 Å². The van der Waals surface area contributed by atoms with Crippen LogP contribution in [0.2, 0.25) is 0 Å². The monoisotopic (exact) mass is 547 g/mol. The molecule has 1 fully saturated rings. The van der Waals surface area contributed by atoms with E-state index in [-0.39, 0.29) is 18.4 Å². The topological polar surface area (TPSA) is 71.0 Å². The zero-order valence-electron chi connectivity index (χ0n) is 22.1. The van der Waals surface area contributed by atoms with Crippen LogP contribution in [0.3, 0.4) is 0 Å². The normalized spacial score (nSPS) is 15.0. The second kappa shape index (κ2) is 13.0. The maximum Gasteiger partial charge on any atom is 0.266 e. The van der Waals surface area contributed by atoms with E-state index in [1.165, 1.54) is 17.3 Å². The summed E-state index contributed by atoms with van der Waals surface area (Å²) in [6.45, 7) is 2.47. The average Bonchev–Trinajstić information content (AvgIpc) is 3.26. The number of thioether (sulfide) groups is 1. The van der Waals surface area contributed by atoms with Gasteiger partial charge in [0.25, 0.3) is 11.8 Å². The van der Waals surface area contributed by atoms with Crippen molar-refractivity contribution in [3.05, 3.63) is 131 Å². The quantitative estimate of drug-likeness (QED) is 0.233. The smallest absolute Gasteiger partial charge is 0.266 e. The van der Waals surface area contributed by atoms with Gasteiger partial charge in [0.2, 0.25) is 0 Å². The summed E-state index contributed by atoms with van der Waals surface area (Å²) in [5, 5.41) is 3.46. The van der Waals surface area contributed by atoms with Gasteiger partial charge in [-0.05, 0) is 78.7 Å². The van der Waals surface area contributed by atoms with Crippen molar-refractivity contribution in [2.75, 3.05) is 18.5 Å². The Bertz CT molecular complexity index is 1520. The molecule has 0 spiro atoms. The number of carbonyl (C=O) groups is 2. The van der Waals surface area contributed by atoms with E-state index in [1.54, 1.807) is 17.0 Å². The molecule has 200 valence electrons. The molecule has 2 amide bonds. The summed E-state index contributed by atoms with van der Waals surface area (Å²) >= 11 is 1.38. The number of carbonyl (C=O) groups excluding carboxylic acids is 2. The lowest BCUT2D eigenvalue weighted by atomic mass is 10.1. The fourth-order valence-corrected chi connectivity index (χ4v) is 5.11. The number of amidine groups is 1. The first-order valence-electron chi connectivity index (χ1n) is 13.0. The van der Waals surface area contributed by atoms with Gasteiger partial charge >= 0.3 is 0 Å². The molecule has 1 saturated heterocycles. The van der Waals surface area contributed by atoms with Crippen molar-refractivity contribution < 1.29 is 14.3 Å². The second-order valence-electron chi connectivity index (χ2n) is 9.30. The minimum absolute atomic E-state index is 0.0651. The van der Waals surface area contributed by atoms with Crippen LogP contribution in [-0.2, 0) is 16.0 Å². The van der Waals surface area contributed by atoms with Crippen molar-refractivity contribution in [1.29, 1.82) is 0 Å². The number of aryl methyl sites for hydroxylation is 1. The standard InChI is InChI=1S/C33H29N3O3S/c1-24-12-16-28(17-13-24)35-33-36(21-20-25-8-4-2-5-9-25)32(38)30(40-33)22-26-14-18-29(19-15-26)39-23-31(37)34-27-10-6-3-7-11-27/h2-19,22H,20-21,23H2,1H3,(H,34,37)/b30-22+,35-33?. The average molecular weight is 548 g/mol. The maximum absolute atomic E-state index is 13.5. The largest absolute Gasteiger partial charge is 0.484 e. The highest BCUT2D eigenvalue weighted by Crippen LogP contribution is 2.34. The van der Waals surface area contributed by atoms with Crippen molar-refractivity contribution in [2.24, 2.45) is 4.99 Å². The van der Waals surface area contributed by atoms with Crippen LogP contribution >= 0.6 is 11.8 Å². The number of nitrogens with one attached hydrogen (secondary N) is 1. The summed E-state index contributed by atoms with van der Waals surface area (Å²) in [6.07, 6.45) is 2.60. The Morgan fingerprint density at radius 2 is 1.57 bits per heavy atom. The highest BCUT2D eigenvalue weighted by molar-refractivity contribution is 8.18. The van der Waals surface area contributed by atoms with Crippen LogP contribution in [0.5, 0.6) is 5.75 Å². The number of aliphatic imine (C=N–C) groups is 1. The second-order valence-corrected chi connectivity index (χ2v) is 10.3. The highest BCUT2D eigenvalue weighted by Gasteiger charge is 2.33. The highest BCUT2D eigenvalue weighted by atomic mass is 32.2. The first-order chi connectivity index (χ1) is 19.5. The van der Waals surface area contributed by atoms with E-state index in [2.05, 4.69) is 17.4 Å². The van der Waals surface area contributed by atoms with Crippen LogP contribution in [0.1, 0.15) is 16.7 Å². The van der Waals surface area contributed by atoms with Gasteiger partial charge in [-0.25, -0.2) is 4.99 Å². The summed E-state index contributed by atoms with van der Waals surface area (Å²) in [6, 6.07) is 34.7. The van der Waals surface area contributed by atoms with Crippen molar-refractivity contribution in [3.8, 4) is 5.75 Å². The van der Waals surface area contributed by atoms with Gasteiger partial charge in [0.15, 0.2) is 11.8 Å². The van der Waals surface area contributed by atoms with Crippen LogP contribution in [-0.4, -0.2) is 35.0 Å². The molecule has 4 aromatic carbocycles. The third-order valence-electron chi connectivity index (χ3n) is 6.22. The van der Waals surface area contributed by atoms with Crippen LogP contribution in [0.15, 0.2) is 119 Å². The molecule has 0 aromatic heterocycles. The first-order valence-corrected chi connectivity index (χ1v) is 13.8. The number of benzene rings is 4. The van der Waals surface area contributed by atoms with E-state index in [4.69, 9.17) is 9.73 Å². The third kappa shape index (κ3) is 7.27. The zero-order chi connectivity index (χ0) is 27.7. The number of para-hydroxylation sites is 1. The lowest BCUT2D eigenvalue weighted by Gasteiger charge is -2.15. The van der Waals surface area contributed by atoms with Crippen LogP contribution in [0, 0.1) is 6.92 Å². The molecule has 0 bridgehead atoms. The van der Waals surface area contributed by atoms with Gasteiger partial charge in [0, 0.05) is 12.2 Å². The Morgan fingerprint density at radius 3 is 2.27 bits per heavy atom. The Labute approximate surface area is 238 Å². The molecule has 4 aromatic rings. The van der Waals surface area contributed by atoms with Crippen molar-refractivity contribution >= 4 is 46.2 Å². The molecule has 1 aliphatic heterocycles. The Kier molecular flexibility index (Phi) is 8.73. The maximum atomic E-state index is 13.5. The van der Waals surface area contributed by atoms with Crippen LogP contribution < -0.4 is 10.1 Å². The molecule has 6 nitrogen and oxygen atoms in total. The zero-order valence-corrected chi connectivity index (χ0v) is 22.9. The van der Waals surface area contributed by atoms with Crippen LogP contribution in [0.4, 0.5) is 11.4 Å². The third-order valence-corrected chi connectivity index (χ3v) is 7.23. The number of nitrogens with zero attached hydrogens (tertiary/aromatic N) is 2. The van der Waals surface area contributed by atoms with Crippen LogP contribution in [0.25, 0.3) is 6.08 Å². The Hall–Kier alpha value is -4.62. The summed E-state index contributed by atoms with van der Waals surface area (Å²) in [7, 11) is 0. The molecule has 0 unspecified atom stereocenters. The van der Waals surface area contributed by atoms with Crippen molar-refractivity contribution in [3.63, 3.8) is 0 Å². The van der Waals surface area contributed by atoms with Gasteiger partial charge in [-0.15, -0.1) is 0 Å². The fraction of sp³-hybridized carbons (Fsp3) is 0.121.